The Hall–Kier alpha value is -1.81. The summed E-state index contributed by atoms with van der Waals surface area (Å²) in [5.74, 6) is 0.520. The molecule has 0 aliphatic rings. The van der Waals surface area contributed by atoms with Gasteiger partial charge in [-0.15, -0.1) is 0 Å². The van der Waals surface area contributed by atoms with Crippen LogP contribution < -0.4 is 4.74 Å². The molecule has 2 N–H and O–H groups in total. The molecule has 0 amide bonds. The number of phenolic OH excluding ortho intramolecular Hbond substituents is 2. The zero-order valence-corrected chi connectivity index (χ0v) is 15.5. The molecule has 0 aromatic heterocycles. The van der Waals surface area contributed by atoms with Gasteiger partial charge < -0.3 is 14.9 Å². The van der Waals surface area contributed by atoms with E-state index in [1.807, 2.05) is 52.8 Å². The SMILES string of the molecule is CC.COc1cc(C)cc(-c2cc(C(C)(C)S)ccc2O)c1O. The lowest BCUT2D eigenvalue weighted by Gasteiger charge is -2.20. The van der Waals surface area contributed by atoms with Crippen LogP contribution in [0.5, 0.6) is 17.2 Å². The van der Waals surface area contributed by atoms with Crippen LogP contribution in [0.1, 0.15) is 38.8 Å². The van der Waals surface area contributed by atoms with Crippen molar-refractivity contribution >= 4 is 12.6 Å². The van der Waals surface area contributed by atoms with Crippen LogP contribution in [-0.2, 0) is 4.75 Å². The van der Waals surface area contributed by atoms with Crippen LogP contribution in [0.15, 0.2) is 30.3 Å². The fourth-order valence-corrected chi connectivity index (χ4v) is 2.38. The molecule has 2 rings (SSSR count). The van der Waals surface area contributed by atoms with Crippen molar-refractivity contribution in [3.8, 4) is 28.4 Å². The number of thiol groups is 1. The number of rotatable bonds is 3. The molecule has 4 heteroatoms. The molecular weight excluding hydrogens is 308 g/mol. The average Bonchev–Trinajstić information content (AvgIpc) is 2.50. The van der Waals surface area contributed by atoms with Crippen molar-refractivity contribution in [1.82, 2.24) is 0 Å². The summed E-state index contributed by atoms with van der Waals surface area (Å²) < 4.78 is 4.84. The molecule has 2 aromatic rings. The van der Waals surface area contributed by atoms with Gasteiger partial charge in [-0.2, -0.15) is 12.6 Å². The minimum Gasteiger partial charge on any atom is -0.507 e. The fraction of sp³-hybridized carbons (Fsp3) is 0.368. The van der Waals surface area contributed by atoms with E-state index in [9.17, 15) is 10.2 Å². The summed E-state index contributed by atoms with van der Waals surface area (Å²) in [6.45, 7) is 9.86. The number of benzene rings is 2. The molecule has 0 bridgehead atoms. The topological polar surface area (TPSA) is 49.7 Å². The highest BCUT2D eigenvalue weighted by atomic mass is 32.1. The van der Waals surface area contributed by atoms with Crippen LogP contribution in [0, 0.1) is 6.92 Å². The van der Waals surface area contributed by atoms with Crippen molar-refractivity contribution in [2.75, 3.05) is 7.11 Å². The maximum atomic E-state index is 10.3. The van der Waals surface area contributed by atoms with Crippen molar-refractivity contribution in [3.05, 3.63) is 41.5 Å². The summed E-state index contributed by atoms with van der Waals surface area (Å²) in [5.41, 5.74) is 3.01. The van der Waals surface area contributed by atoms with Gasteiger partial charge in [-0.1, -0.05) is 19.9 Å². The third-order valence-corrected chi connectivity index (χ3v) is 3.69. The smallest absolute Gasteiger partial charge is 0.165 e. The minimum atomic E-state index is -0.341. The van der Waals surface area contributed by atoms with E-state index in [1.54, 1.807) is 12.1 Å². The molecule has 0 saturated carbocycles. The maximum Gasteiger partial charge on any atom is 0.165 e. The number of methoxy groups -OCH3 is 1. The molecule has 3 nitrogen and oxygen atoms in total. The van der Waals surface area contributed by atoms with Crippen LogP contribution in [0.3, 0.4) is 0 Å². The molecule has 0 fully saturated rings. The highest BCUT2D eigenvalue weighted by molar-refractivity contribution is 7.81. The Morgan fingerprint density at radius 1 is 1.00 bits per heavy atom. The van der Waals surface area contributed by atoms with E-state index in [0.29, 0.717) is 16.9 Å². The number of hydrogen-bond acceptors (Lipinski definition) is 4. The van der Waals surface area contributed by atoms with Gasteiger partial charge in [0.15, 0.2) is 11.5 Å². The van der Waals surface area contributed by atoms with Crippen molar-refractivity contribution in [2.45, 2.75) is 39.4 Å². The van der Waals surface area contributed by atoms with E-state index < -0.39 is 0 Å². The van der Waals surface area contributed by atoms with Gasteiger partial charge in [0.1, 0.15) is 5.75 Å². The third-order valence-electron chi connectivity index (χ3n) is 3.43. The summed E-state index contributed by atoms with van der Waals surface area (Å²) in [6, 6.07) is 8.87. The van der Waals surface area contributed by atoms with Crippen molar-refractivity contribution in [1.29, 1.82) is 0 Å². The predicted molar refractivity (Wildman–Crippen MR) is 99.9 cm³/mol. The van der Waals surface area contributed by atoms with E-state index in [1.165, 1.54) is 7.11 Å². The van der Waals surface area contributed by atoms with Gasteiger partial charge in [0.25, 0.3) is 0 Å². The Bertz CT molecular complexity index is 673. The molecular formula is C19H26O3S. The first-order valence-corrected chi connectivity index (χ1v) is 8.12. The molecule has 23 heavy (non-hydrogen) atoms. The van der Waals surface area contributed by atoms with E-state index in [0.717, 1.165) is 11.1 Å². The van der Waals surface area contributed by atoms with Crippen molar-refractivity contribution in [2.24, 2.45) is 0 Å². The first-order chi connectivity index (χ1) is 10.7. The summed E-state index contributed by atoms with van der Waals surface area (Å²) in [7, 11) is 1.51. The number of ether oxygens (including phenoxy) is 1. The lowest BCUT2D eigenvalue weighted by molar-refractivity contribution is 0.374. The molecule has 0 radical (unpaired) electrons. The molecule has 0 atom stereocenters. The standard InChI is InChI=1S/C17H20O3S.C2H6/c1-10-7-13(16(19)15(8-10)20-4)12-9-11(17(2,3)21)5-6-14(12)18;1-2/h5-9,18-19,21H,1-4H3;1-2H3. The predicted octanol–water partition coefficient (Wildman–Crippen LogP) is 5.27. The molecule has 0 aliphatic heterocycles. The molecule has 0 saturated heterocycles. The fourth-order valence-electron chi connectivity index (χ4n) is 2.24. The lowest BCUT2D eigenvalue weighted by atomic mass is 9.94. The van der Waals surface area contributed by atoms with Crippen LogP contribution in [-0.4, -0.2) is 17.3 Å². The monoisotopic (exact) mass is 334 g/mol. The number of hydrogen-bond donors (Lipinski definition) is 3. The summed E-state index contributed by atoms with van der Waals surface area (Å²) >= 11 is 4.55. The highest BCUT2D eigenvalue weighted by Crippen LogP contribution is 2.43. The van der Waals surface area contributed by atoms with Crippen LogP contribution in [0.25, 0.3) is 11.1 Å². The van der Waals surface area contributed by atoms with Gasteiger partial charge in [-0.05, 0) is 56.2 Å². The number of aromatic hydroxyl groups is 2. The second-order valence-electron chi connectivity index (χ2n) is 5.65. The summed E-state index contributed by atoms with van der Waals surface area (Å²) in [5, 5.41) is 20.5. The molecule has 2 aromatic carbocycles. The molecule has 0 unspecified atom stereocenters. The zero-order valence-electron chi connectivity index (χ0n) is 14.6. The largest absolute Gasteiger partial charge is 0.507 e. The quantitative estimate of drug-likeness (QED) is 0.670. The molecule has 0 spiro atoms. The van der Waals surface area contributed by atoms with E-state index in [4.69, 9.17) is 4.74 Å². The Morgan fingerprint density at radius 2 is 1.61 bits per heavy atom. The zero-order chi connectivity index (χ0) is 17.8. The van der Waals surface area contributed by atoms with Crippen LogP contribution in [0.2, 0.25) is 0 Å². The Labute approximate surface area is 144 Å². The third kappa shape index (κ3) is 4.35. The van der Waals surface area contributed by atoms with Crippen molar-refractivity contribution < 1.29 is 14.9 Å². The second-order valence-corrected chi connectivity index (χ2v) is 6.77. The van der Waals surface area contributed by atoms with Gasteiger partial charge in [0.05, 0.1) is 7.11 Å². The van der Waals surface area contributed by atoms with Gasteiger partial charge >= 0.3 is 0 Å². The Balaban J connectivity index is 0.00000127. The summed E-state index contributed by atoms with van der Waals surface area (Å²) in [6.07, 6.45) is 0. The van der Waals surface area contributed by atoms with Gasteiger partial charge in [-0.25, -0.2) is 0 Å². The number of phenols is 2. The average molecular weight is 334 g/mol. The molecule has 126 valence electrons. The first kappa shape index (κ1) is 19.2. The van der Waals surface area contributed by atoms with Gasteiger partial charge in [0, 0.05) is 15.9 Å². The second kappa shape index (κ2) is 7.64. The lowest BCUT2D eigenvalue weighted by Crippen LogP contribution is -2.07. The maximum absolute atomic E-state index is 10.3. The van der Waals surface area contributed by atoms with E-state index in [2.05, 4.69) is 12.6 Å². The van der Waals surface area contributed by atoms with E-state index in [-0.39, 0.29) is 16.2 Å². The Kier molecular flexibility index (Phi) is 6.39. The van der Waals surface area contributed by atoms with Crippen molar-refractivity contribution in [3.63, 3.8) is 0 Å². The Morgan fingerprint density at radius 3 is 2.13 bits per heavy atom. The van der Waals surface area contributed by atoms with Gasteiger partial charge in [0.2, 0.25) is 0 Å². The van der Waals surface area contributed by atoms with Gasteiger partial charge in [-0.3, -0.25) is 0 Å². The van der Waals surface area contributed by atoms with Crippen LogP contribution in [0.4, 0.5) is 0 Å². The molecule has 0 heterocycles. The number of aryl methyl sites for hydroxylation is 1. The van der Waals surface area contributed by atoms with Crippen LogP contribution >= 0.6 is 12.6 Å². The molecule has 0 aliphatic carbocycles. The van der Waals surface area contributed by atoms with E-state index >= 15 is 0 Å². The minimum absolute atomic E-state index is 0.0209. The summed E-state index contributed by atoms with van der Waals surface area (Å²) in [4.78, 5) is 0. The normalized spacial score (nSPS) is 10.7. The first-order valence-electron chi connectivity index (χ1n) is 7.68. The highest BCUT2D eigenvalue weighted by Gasteiger charge is 2.19.